The molecular weight excluding hydrogens is 409 g/mol. The van der Waals surface area contributed by atoms with Crippen molar-refractivity contribution in [3.63, 3.8) is 0 Å². The van der Waals surface area contributed by atoms with Crippen LogP contribution in [0.15, 0.2) is 34.1 Å². The van der Waals surface area contributed by atoms with Gasteiger partial charge in [-0.25, -0.2) is 0 Å². The second kappa shape index (κ2) is 5.45. The summed E-state index contributed by atoms with van der Waals surface area (Å²) in [4.78, 5) is 17.7. The summed E-state index contributed by atoms with van der Waals surface area (Å²) in [5.41, 5.74) is 0. The zero-order valence-corrected chi connectivity index (χ0v) is 14.3. The molecule has 0 aliphatic carbocycles. The number of ketones is 1. The maximum absolute atomic E-state index is 11.9. The zero-order chi connectivity index (χ0) is 11.7. The van der Waals surface area contributed by atoms with Gasteiger partial charge in [0.05, 0.1) is 0 Å². The molecule has 3 heterocycles. The normalized spacial score (nSPS) is 25.1. The van der Waals surface area contributed by atoms with Gasteiger partial charge in [-0.1, -0.05) is 0 Å². The van der Waals surface area contributed by atoms with Gasteiger partial charge in [0, 0.05) is 0 Å². The molecule has 1 saturated heterocycles. The number of hydrogen-bond acceptors (Lipinski definition) is 1. The van der Waals surface area contributed by atoms with Gasteiger partial charge in [-0.15, -0.1) is 0 Å². The first-order valence-electron chi connectivity index (χ1n) is 5.57. The molecule has 2 atom stereocenters. The van der Waals surface area contributed by atoms with E-state index in [4.69, 9.17) is 0 Å². The third kappa shape index (κ3) is 2.79. The molecule has 0 N–H and O–H groups in total. The summed E-state index contributed by atoms with van der Waals surface area (Å²) in [6, 6.07) is 8.85. The molecule has 1 nitrogen and oxygen atoms in total. The molecule has 1 fully saturated rings. The molecule has 0 radical (unpaired) electrons. The van der Waals surface area contributed by atoms with E-state index in [1.807, 2.05) is 0 Å². The molecule has 0 amide bonds. The van der Waals surface area contributed by atoms with Crippen molar-refractivity contribution in [1.82, 2.24) is 0 Å². The summed E-state index contributed by atoms with van der Waals surface area (Å²) in [5, 5.41) is 0. The number of Topliss-reactive ketones (excluding diaryl/α,β-unsaturated/α-hetero) is 1. The Morgan fingerprint density at radius 1 is 0.941 bits per heavy atom. The summed E-state index contributed by atoms with van der Waals surface area (Å²) in [6.45, 7) is 0. The van der Waals surface area contributed by atoms with E-state index < -0.39 is 0 Å². The third-order valence-electron chi connectivity index (χ3n) is 2.88. The topological polar surface area (TPSA) is 17.1 Å². The Balaban J connectivity index is 1.82. The van der Waals surface area contributed by atoms with E-state index in [0.29, 0.717) is 59.4 Å². The number of hydrogen-bond donors (Lipinski definition) is 0. The van der Waals surface area contributed by atoms with Crippen molar-refractivity contribution < 1.29 is 4.79 Å². The van der Waals surface area contributed by atoms with Gasteiger partial charge in [-0.3, -0.25) is 0 Å². The van der Waals surface area contributed by atoms with E-state index >= 15 is 0 Å². The quantitative estimate of drug-likeness (QED) is 0.675. The molecule has 2 unspecified atom stereocenters. The Labute approximate surface area is 119 Å². The maximum atomic E-state index is 11.9. The molecule has 2 aromatic rings. The molecule has 2 aromatic heterocycles. The summed E-state index contributed by atoms with van der Waals surface area (Å²) in [5.74, 6) is 0.486. The van der Waals surface area contributed by atoms with Gasteiger partial charge < -0.3 is 0 Å². The van der Waals surface area contributed by atoms with Crippen LogP contribution in [0.1, 0.15) is 31.3 Å². The van der Waals surface area contributed by atoms with Crippen LogP contribution in [0.3, 0.4) is 0 Å². The van der Waals surface area contributed by atoms with Crippen LogP contribution in [0, 0.1) is 0 Å². The van der Waals surface area contributed by atoms with E-state index in [1.165, 1.54) is 0 Å². The fraction of sp³-hybridized carbons (Fsp3) is 0.308. The molecular formula is C13H12OSe3. The monoisotopic (exact) mass is 424 g/mol. The van der Waals surface area contributed by atoms with E-state index in [9.17, 15) is 4.79 Å². The van der Waals surface area contributed by atoms with Gasteiger partial charge in [0.25, 0.3) is 0 Å². The van der Waals surface area contributed by atoms with Crippen LogP contribution in [0.25, 0.3) is 0 Å². The fourth-order valence-electron chi connectivity index (χ4n) is 2.08. The minimum atomic E-state index is 0.486. The fourth-order valence-corrected chi connectivity index (χ4v) is 10.4. The van der Waals surface area contributed by atoms with Crippen molar-refractivity contribution in [2.45, 2.75) is 22.5 Å². The molecule has 17 heavy (non-hydrogen) atoms. The third-order valence-corrected chi connectivity index (χ3v) is 11.7. The van der Waals surface area contributed by atoms with Crippen molar-refractivity contribution in [2.24, 2.45) is 0 Å². The van der Waals surface area contributed by atoms with Crippen LogP contribution in [0.5, 0.6) is 0 Å². The molecule has 0 spiro atoms. The van der Waals surface area contributed by atoms with Gasteiger partial charge in [0.2, 0.25) is 0 Å². The molecule has 4 heteroatoms. The first-order chi connectivity index (χ1) is 8.33. The summed E-state index contributed by atoms with van der Waals surface area (Å²) >= 11 is 1.65. The van der Waals surface area contributed by atoms with Gasteiger partial charge >= 0.3 is 120 Å². The van der Waals surface area contributed by atoms with Gasteiger partial charge in [-0.2, -0.15) is 0 Å². The van der Waals surface area contributed by atoms with Crippen molar-refractivity contribution >= 4 is 49.7 Å². The van der Waals surface area contributed by atoms with E-state index in [-0.39, 0.29) is 0 Å². The molecule has 0 saturated carbocycles. The summed E-state index contributed by atoms with van der Waals surface area (Å²) < 4.78 is 3.13. The van der Waals surface area contributed by atoms with Crippen LogP contribution in [-0.4, -0.2) is 49.7 Å². The van der Waals surface area contributed by atoms with Crippen LogP contribution >= 0.6 is 0 Å². The molecule has 0 aromatic carbocycles. The number of carbonyl (C=O) groups excluding carboxylic acids is 1. The average molecular weight is 421 g/mol. The van der Waals surface area contributed by atoms with Gasteiger partial charge in [0.1, 0.15) is 0 Å². The van der Waals surface area contributed by atoms with Crippen LogP contribution < -0.4 is 0 Å². The zero-order valence-electron chi connectivity index (χ0n) is 9.17. The molecule has 0 bridgehead atoms. The molecule has 1 aliphatic heterocycles. The first kappa shape index (κ1) is 12.2. The Hall–Kier alpha value is 0.188. The standard InChI is InChI=1S/C13H12OSe3/c14-9-7-12(10-3-1-5-15-10)17-13(8-9)11-4-2-6-16-11/h1-6,12-13H,7-8H2. The van der Waals surface area contributed by atoms with Gasteiger partial charge in [0.15, 0.2) is 0 Å². The van der Waals surface area contributed by atoms with E-state index in [2.05, 4.69) is 34.1 Å². The predicted molar refractivity (Wildman–Crippen MR) is 72.2 cm³/mol. The Morgan fingerprint density at radius 2 is 1.47 bits per heavy atom. The SMILES string of the molecule is O=C1CC(c2ccc[se]2)[Se]C(c2ccc[se]2)C1. The first-order valence-corrected chi connectivity index (χ1v) is 11.2. The minimum absolute atomic E-state index is 0.486. The van der Waals surface area contributed by atoms with E-state index in [0.717, 1.165) is 12.8 Å². The Kier molecular flexibility index (Phi) is 3.92. The Morgan fingerprint density at radius 3 is 1.88 bits per heavy atom. The van der Waals surface area contributed by atoms with E-state index in [1.54, 1.807) is 8.87 Å². The Bertz CT molecular complexity index is 442. The van der Waals surface area contributed by atoms with Gasteiger partial charge in [-0.05, 0) is 0 Å². The molecule has 3 rings (SSSR count). The van der Waals surface area contributed by atoms with Crippen molar-refractivity contribution in [1.29, 1.82) is 0 Å². The van der Waals surface area contributed by atoms with Crippen LogP contribution in [-0.2, 0) is 4.79 Å². The predicted octanol–water partition coefficient (Wildman–Crippen LogP) is 1.65. The number of carbonyl (C=O) groups is 1. The summed E-state index contributed by atoms with van der Waals surface area (Å²) in [7, 11) is 0. The van der Waals surface area contributed by atoms with Crippen molar-refractivity contribution in [3.05, 3.63) is 43.0 Å². The van der Waals surface area contributed by atoms with Crippen LogP contribution in [0.2, 0.25) is 0 Å². The second-order valence-electron chi connectivity index (χ2n) is 4.09. The average Bonchev–Trinajstić information content (AvgIpc) is 3.02. The molecule has 88 valence electrons. The van der Waals surface area contributed by atoms with Crippen molar-refractivity contribution in [2.75, 3.05) is 0 Å². The summed E-state index contributed by atoms with van der Waals surface area (Å²) in [6.07, 6.45) is 1.64. The van der Waals surface area contributed by atoms with Crippen LogP contribution in [0.4, 0.5) is 0 Å². The molecule has 1 aliphatic rings. The number of rotatable bonds is 2. The second-order valence-corrected chi connectivity index (χ2v) is 11.2. The van der Waals surface area contributed by atoms with Crippen molar-refractivity contribution in [3.8, 4) is 0 Å².